The van der Waals surface area contributed by atoms with Crippen LogP contribution in [-0.4, -0.2) is 4.98 Å². The molecule has 0 aliphatic rings. The molecule has 1 heterocycles. The zero-order valence-electron chi connectivity index (χ0n) is 7.63. The fourth-order valence-electron chi connectivity index (χ4n) is 1.28. The minimum atomic E-state index is -0.0465. The van der Waals surface area contributed by atoms with Gasteiger partial charge in [0.1, 0.15) is 0 Å². The SMILES string of the molecule is O=c1cc[nH]c(-c2ccc(Cl)c(Cl)c2)c1. The van der Waals surface area contributed by atoms with E-state index in [2.05, 4.69) is 4.98 Å². The van der Waals surface area contributed by atoms with Gasteiger partial charge in [0.15, 0.2) is 5.43 Å². The predicted molar refractivity (Wildman–Crippen MR) is 62.5 cm³/mol. The first-order valence-corrected chi connectivity index (χ1v) is 5.06. The van der Waals surface area contributed by atoms with Gasteiger partial charge in [-0.3, -0.25) is 4.79 Å². The highest BCUT2D eigenvalue weighted by Crippen LogP contribution is 2.26. The van der Waals surface area contributed by atoms with Gasteiger partial charge in [0.05, 0.1) is 10.0 Å². The van der Waals surface area contributed by atoms with Crippen LogP contribution >= 0.6 is 23.2 Å². The number of hydrogen-bond acceptors (Lipinski definition) is 1. The largest absolute Gasteiger partial charge is 0.361 e. The van der Waals surface area contributed by atoms with Gasteiger partial charge in [0, 0.05) is 24.0 Å². The molecule has 2 rings (SSSR count). The van der Waals surface area contributed by atoms with Crippen molar-refractivity contribution in [2.24, 2.45) is 0 Å². The normalized spacial score (nSPS) is 10.3. The minimum Gasteiger partial charge on any atom is -0.361 e. The van der Waals surface area contributed by atoms with Crippen LogP contribution in [0, 0.1) is 0 Å². The first kappa shape index (κ1) is 10.3. The van der Waals surface area contributed by atoms with Gasteiger partial charge in [-0.05, 0) is 17.7 Å². The Morgan fingerprint density at radius 1 is 1.00 bits per heavy atom. The predicted octanol–water partition coefficient (Wildman–Crippen LogP) is 3.35. The topological polar surface area (TPSA) is 32.9 Å². The van der Waals surface area contributed by atoms with E-state index in [-0.39, 0.29) is 5.43 Å². The maximum absolute atomic E-state index is 11.1. The van der Waals surface area contributed by atoms with Crippen LogP contribution in [0.4, 0.5) is 0 Å². The second-order valence-corrected chi connectivity index (χ2v) is 3.88. The number of hydrogen-bond donors (Lipinski definition) is 1. The Morgan fingerprint density at radius 3 is 2.47 bits per heavy atom. The summed E-state index contributed by atoms with van der Waals surface area (Å²) in [4.78, 5) is 14.1. The van der Waals surface area contributed by atoms with E-state index < -0.39 is 0 Å². The molecule has 0 unspecified atom stereocenters. The van der Waals surface area contributed by atoms with Crippen LogP contribution in [0.15, 0.2) is 41.3 Å². The number of halogens is 2. The van der Waals surface area contributed by atoms with Crippen molar-refractivity contribution < 1.29 is 0 Å². The van der Waals surface area contributed by atoms with Crippen LogP contribution in [0.3, 0.4) is 0 Å². The number of pyridine rings is 1. The van der Waals surface area contributed by atoms with Crippen LogP contribution in [0.1, 0.15) is 0 Å². The van der Waals surface area contributed by atoms with Gasteiger partial charge in [-0.25, -0.2) is 0 Å². The molecule has 0 fully saturated rings. The fourth-order valence-corrected chi connectivity index (χ4v) is 1.57. The lowest BCUT2D eigenvalue weighted by molar-refractivity contribution is 1.30. The number of aromatic nitrogens is 1. The molecule has 1 N–H and O–H groups in total. The van der Waals surface area contributed by atoms with Crippen molar-refractivity contribution in [3.63, 3.8) is 0 Å². The first-order chi connectivity index (χ1) is 7.16. The van der Waals surface area contributed by atoms with Crippen molar-refractivity contribution in [2.45, 2.75) is 0 Å². The Balaban J connectivity index is 2.55. The standard InChI is InChI=1S/C11H7Cl2NO/c12-9-2-1-7(5-10(9)13)11-6-8(15)3-4-14-11/h1-6H,(H,14,15). The van der Waals surface area contributed by atoms with Crippen molar-refractivity contribution in [1.29, 1.82) is 0 Å². The molecule has 0 aliphatic carbocycles. The van der Waals surface area contributed by atoms with E-state index in [1.807, 2.05) is 0 Å². The zero-order chi connectivity index (χ0) is 10.8. The van der Waals surface area contributed by atoms with Crippen molar-refractivity contribution in [2.75, 3.05) is 0 Å². The van der Waals surface area contributed by atoms with Gasteiger partial charge in [0.25, 0.3) is 0 Å². The van der Waals surface area contributed by atoms with Gasteiger partial charge in [-0.15, -0.1) is 0 Å². The quantitative estimate of drug-likeness (QED) is 0.814. The number of nitrogens with one attached hydrogen (secondary N) is 1. The Kier molecular flexibility index (Phi) is 2.80. The van der Waals surface area contributed by atoms with Gasteiger partial charge in [-0.1, -0.05) is 29.3 Å². The summed E-state index contributed by atoms with van der Waals surface area (Å²) in [6, 6.07) is 8.19. The third-order valence-corrected chi connectivity index (χ3v) is 2.74. The molecule has 1 aromatic heterocycles. The monoisotopic (exact) mass is 239 g/mol. The molecule has 0 aliphatic heterocycles. The highest BCUT2D eigenvalue weighted by Gasteiger charge is 2.02. The second-order valence-electron chi connectivity index (χ2n) is 3.07. The van der Waals surface area contributed by atoms with Crippen molar-refractivity contribution in [1.82, 2.24) is 4.98 Å². The molecule has 0 radical (unpaired) electrons. The molecule has 76 valence electrons. The van der Waals surface area contributed by atoms with E-state index in [1.54, 1.807) is 24.4 Å². The summed E-state index contributed by atoms with van der Waals surface area (Å²) in [5, 5.41) is 0.970. The Labute approximate surface area is 96.5 Å². The third kappa shape index (κ3) is 2.22. The van der Waals surface area contributed by atoms with Crippen LogP contribution < -0.4 is 5.43 Å². The van der Waals surface area contributed by atoms with Crippen molar-refractivity contribution >= 4 is 23.2 Å². The molecule has 0 saturated heterocycles. The average molecular weight is 240 g/mol. The minimum absolute atomic E-state index is 0.0465. The molecule has 0 spiro atoms. The second kappa shape index (κ2) is 4.09. The summed E-state index contributed by atoms with van der Waals surface area (Å²) in [6.45, 7) is 0. The summed E-state index contributed by atoms with van der Waals surface area (Å²) in [5.74, 6) is 0. The lowest BCUT2D eigenvalue weighted by Crippen LogP contribution is -1.97. The molecule has 1 aromatic carbocycles. The summed E-state index contributed by atoms with van der Waals surface area (Å²) in [6.07, 6.45) is 1.60. The van der Waals surface area contributed by atoms with E-state index in [1.165, 1.54) is 12.1 Å². The Hall–Kier alpha value is -1.25. The lowest BCUT2D eigenvalue weighted by atomic mass is 10.1. The van der Waals surface area contributed by atoms with Crippen LogP contribution in [0.5, 0.6) is 0 Å². The zero-order valence-corrected chi connectivity index (χ0v) is 9.14. The molecule has 2 nitrogen and oxygen atoms in total. The molecule has 0 saturated carbocycles. The summed E-state index contributed by atoms with van der Waals surface area (Å²) in [7, 11) is 0. The van der Waals surface area contributed by atoms with E-state index in [9.17, 15) is 4.79 Å². The Bertz CT molecular complexity index is 548. The summed E-state index contributed by atoms with van der Waals surface area (Å²) >= 11 is 11.7. The van der Waals surface area contributed by atoms with Gasteiger partial charge in [0.2, 0.25) is 0 Å². The smallest absolute Gasteiger partial charge is 0.182 e. The highest BCUT2D eigenvalue weighted by atomic mass is 35.5. The molecule has 0 atom stereocenters. The van der Waals surface area contributed by atoms with Crippen LogP contribution in [-0.2, 0) is 0 Å². The first-order valence-electron chi connectivity index (χ1n) is 4.31. The highest BCUT2D eigenvalue weighted by molar-refractivity contribution is 6.42. The number of H-pyrrole nitrogens is 1. The van der Waals surface area contributed by atoms with Gasteiger partial charge < -0.3 is 4.98 Å². The number of benzene rings is 1. The number of aromatic amines is 1. The lowest BCUT2D eigenvalue weighted by Gasteiger charge is -2.02. The van der Waals surface area contributed by atoms with Crippen molar-refractivity contribution in [3.8, 4) is 11.3 Å². The molecular formula is C11H7Cl2NO. The van der Waals surface area contributed by atoms with E-state index in [4.69, 9.17) is 23.2 Å². The van der Waals surface area contributed by atoms with E-state index in [0.717, 1.165) is 11.3 Å². The molecule has 4 heteroatoms. The summed E-state index contributed by atoms with van der Waals surface area (Å²) < 4.78 is 0. The molecule has 0 amide bonds. The maximum atomic E-state index is 11.1. The van der Waals surface area contributed by atoms with E-state index in [0.29, 0.717) is 10.0 Å². The van der Waals surface area contributed by atoms with Crippen molar-refractivity contribution in [3.05, 3.63) is 56.8 Å². The maximum Gasteiger partial charge on any atom is 0.182 e. The number of rotatable bonds is 1. The average Bonchev–Trinajstić information content (AvgIpc) is 2.22. The fraction of sp³-hybridized carbons (Fsp3) is 0. The molecular weight excluding hydrogens is 233 g/mol. The van der Waals surface area contributed by atoms with E-state index >= 15 is 0 Å². The molecule has 15 heavy (non-hydrogen) atoms. The molecule has 0 bridgehead atoms. The summed E-state index contributed by atoms with van der Waals surface area (Å²) in [5.41, 5.74) is 1.51. The van der Waals surface area contributed by atoms with Crippen LogP contribution in [0.25, 0.3) is 11.3 Å². The Morgan fingerprint density at radius 2 is 1.80 bits per heavy atom. The third-order valence-electron chi connectivity index (χ3n) is 2.00. The van der Waals surface area contributed by atoms with Gasteiger partial charge >= 0.3 is 0 Å². The van der Waals surface area contributed by atoms with Crippen LogP contribution in [0.2, 0.25) is 10.0 Å². The van der Waals surface area contributed by atoms with Gasteiger partial charge in [-0.2, -0.15) is 0 Å². The molecule has 2 aromatic rings.